The number of fused-ring (bicyclic) bond motifs is 1. The van der Waals surface area contributed by atoms with Crippen molar-refractivity contribution < 1.29 is 0 Å². The molecule has 0 N–H and O–H groups in total. The second-order valence-electron chi connectivity index (χ2n) is 5.62. The molecule has 0 atom stereocenters. The van der Waals surface area contributed by atoms with Gasteiger partial charge in [-0.1, -0.05) is 19.9 Å². The van der Waals surface area contributed by atoms with E-state index in [1.165, 1.54) is 12.3 Å². The molecule has 14 heavy (non-hydrogen) atoms. The molecule has 2 heterocycles. The van der Waals surface area contributed by atoms with Crippen molar-refractivity contribution in [1.82, 2.24) is 4.90 Å². The van der Waals surface area contributed by atoms with Gasteiger partial charge in [0.1, 0.15) is 5.84 Å². The predicted molar refractivity (Wildman–Crippen MR) is 60.4 cm³/mol. The molecule has 78 valence electrons. The molecule has 0 aromatic rings. The van der Waals surface area contributed by atoms with Gasteiger partial charge in [-0.3, -0.25) is 4.99 Å². The largest absolute Gasteiger partial charge is 0.331 e. The number of amidine groups is 1. The lowest BCUT2D eigenvalue weighted by atomic mass is 9.85. The first kappa shape index (κ1) is 9.75. The Hall–Kier alpha value is -0.790. The van der Waals surface area contributed by atoms with Crippen LogP contribution in [0.2, 0.25) is 0 Å². The Morgan fingerprint density at radius 3 is 2.71 bits per heavy atom. The predicted octanol–water partition coefficient (Wildman–Crippen LogP) is 2.81. The maximum atomic E-state index is 4.71. The minimum atomic E-state index is 0.225. The van der Waals surface area contributed by atoms with Crippen LogP contribution in [0.5, 0.6) is 0 Å². The lowest BCUT2D eigenvalue weighted by Crippen LogP contribution is -2.36. The van der Waals surface area contributed by atoms with Crippen molar-refractivity contribution in [2.45, 2.75) is 46.1 Å². The molecule has 0 spiro atoms. The molecule has 2 heteroatoms. The quantitative estimate of drug-likeness (QED) is 0.576. The van der Waals surface area contributed by atoms with Gasteiger partial charge in [-0.15, -0.1) is 0 Å². The van der Waals surface area contributed by atoms with E-state index >= 15 is 0 Å². The van der Waals surface area contributed by atoms with E-state index in [4.69, 9.17) is 4.99 Å². The Bertz CT molecular complexity index is 297. The summed E-state index contributed by atoms with van der Waals surface area (Å²) < 4.78 is 0. The zero-order valence-corrected chi connectivity index (χ0v) is 9.67. The number of aliphatic imine (C=N–C) groups is 1. The van der Waals surface area contributed by atoms with Crippen molar-refractivity contribution in [1.29, 1.82) is 0 Å². The van der Waals surface area contributed by atoms with E-state index in [2.05, 4.69) is 44.9 Å². The second kappa shape index (κ2) is 2.85. The molecule has 0 aliphatic carbocycles. The number of rotatable bonds is 0. The summed E-state index contributed by atoms with van der Waals surface area (Å²) in [6, 6.07) is 0. The van der Waals surface area contributed by atoms with Crippen LogP contribution in [-0.4, -0.2) is 22.8 Å². The van der Waals surface area contributed by atoms with E-state index in [0.29, 0.717) is 0 Å². The molecule has 1 saturated heterocycles. The van der Waals surface area contributed by atoms with Crippen LogP contribution in [0, 0.1) is 5.41 Å². The summed E-state index contributed by atoms with van der Waals surface area (Å²) in [7, 11) is 0. The minimum Gasteiger partial charge on any atom is -0.331 e. The summed E-state index contributed by atoms with van der Waals surface area (Å²) in [5.74, 6) is 1.27. The molecule has 2 rings (SSSR count). The van der Waals surface area contributed by atoms with Gasteiger partial charge in [-0.05, 0) is 26.7 Å². The highest BCUT2D eigenvalue weighted by atomic mass is 15.3. The fourth-order valence-corrected chi connectivity index (χ4v) is 2.85. The summed E-state index contributed by atoms with van der Waals surface area (Å²) in [5, 5.41) is 0. The molecule has 0 radical (unpaired) electrons. The Balaban J connectivity index is 2.44. The van der Waals surface area contributed by atoms with Gasteiger partial charge in [0.05, 0.1) is 0 Å². The zero-order valence-electron chi connectivity index (χ0n) is 9.67. The highest BCUT2D eigenvalue weighted by molar-refractivity contribution is 5.91. The standard InChI is InChI=1S/C12H20N2/c1-11(2)9-12(3,4)14-8-6-5-7-13-10(11)14/h6,8H,5,7,9H2,1-4H3. The van der Waals surface area contributed by atoms with Crippen molar-refractivity contribution >= 4 is 5.84 Å². The number of hydrogen-bond donors (Lipinski definition) is 0. The normalized spacial score (nSPS) is 28.3. The first-order chi connectivity index (χ1) is 6.43. The Labute approximate surface area is 86.7 Å². The van der Waals surface area contributed by atoms with Crippen molar-refractivity contribution in [3.05, 3.63) is 12.3 Å². The van der Waals surface area contributed by atoms with Crippen molar-refractivity contribution in [3.63, 3.8) is 0 Å². The van der Waals surface area contributed by atoms with E-state index in [1.54, 1.807) is 0 Å². The third-order valence-electron chi connectivity index (χ3n) is 3.17. The number of hydrogen-bond acceptors (Lipinski definition) is 2. The van der Waals surface area contributed by atoms with Gasteiger partial charge < -0.3 is 4.90 Å². The molecular formula is C12H20N2. The van der Waals surface area contributed by atoms with E-state index < -0.39 is 0 Å². The zero-order chi connectivity index (χ0) is 10.4. The van der Waals surface area contributed by atoms with Crippen LogP contribution in [0.25, 0.3) is 0 Å². The van der Waals surface area contributed by atoms with Crippen molar-refractivity contribution in [3.8, 4) is 0 Å². The molecule has 2 nitrogen and oxygen atoms in total. The topological polar surface area (TPSA) is 15.6 Å². The first-order valence-corrected chi connectivity index (χ1v) is 5.44. The fourth-order valence-electron chi connectivity index (χ4n) is 2.85. The van der Waals surface area contributed by atoms with Gasteiger partial charge in [0.2, 0.25) is 0 Å². The van der Waals surface area contributed by atoms with Gasteiger partial charge in [-0.25, -0.2) is 0 Å². The van der Waals surface area contributed by atoms with E-state index in [9.17, 15) is 0 Å². The molecule has 1 fully saturated rings. The maximum Gasteiger partial charge on any atom is 0.109 e. The molecular weight excluding hydrogens is 172 g/mol. The highest BCUT2D eigenvalue weighted by Gasteiger charge is 2.47. The Morgan fingerprint density at radius 1 is 1.29 bits per heavy atom. The van der Waals surface area contributed by atoms with Crippen LogP contribution in [0.4, 0.5) is 0 Å². The SMILES string of the molecule is CC1(C)CC(C)(C)N2C=CCCN=C21. The monoisotopic (exact) mass is 192 g/mol. The molecule has 0 bridgehead atoms. The number of nitrogens with zero attached hydrogens (tertiary/aromatic N) is 2. The highest BCUT2D eigenvalue weighted by Crippen LogP contribution is 2.43. The summed E-state index contributed by atoms with van der Waals surface area (Å²) in [6.45, 7) is 10.1. The van der Waals surface area contributed by atoms with Gasteiger partial charge in [0.15, 0.2) is 0 Å². The summed E-state index contributed by atoms with van der Waals surface area (Å²) in [5.41, 5.74) is 0.460. The third kappa shape index (κ3) is 1.37. The van der Waals surface area contributed by atoms with Gasteiger partial charge in [0, 0.05) is 23.7 Å². The first-order valence-electron chi connectivity index (χ1n) is 5.44. The van der Waals surface area contributed by atoms with Gasteiger partial charge in [0.25, 0.3) is 0 Å². The average molecular weight is 192 g/mol. The minimum absolute atomic E-state index is 0.225. The van der Waals surface area contributed by atoms with Crippen LogP contribution < -0.4 is 0 Å². The van der Waals surface area contributed by atoms with Crippen LogP contribution in [-0.2, 0) is 0 Å². The molecule has 0 aromatic heterocycles. The van der Waals surface area contributed by atoms with Crippen molar-refractivity contribution in [2.24, 2.45) is 10.4 Å². The van der Waals surface area contributed by atoms with Gasteiger partial charge in [-0.2, -0.15) is 0 Å². The Morgan fingerprint density at radius 2 is 2.00 bits per heavy atom. The average Bonchev–Trinajstić information content (AvgIpc) is 2.27. The van der Waals surface area contributed by atoms with Crippen LogP contribution >= 0.6 is 0 Å². The fraction of sp³-hybridized carbons (Fsp3) is 0.750. The molecule has 0 aromatic carbocycles. The van der Waals surface area contributed by atoms with E-state index in [0.717, 1.165) is 13.0 Å². The van der Waals surface area contributed by atoms with E-state index in [-0.39, 0.29) is 11.0 Å². The molecule has 0 unspecified atom stereocenters. The molecule has 2 aliphatic rings. The van der Waals surface area contributed by atoms with Crippen LogP contribution in [0.1, 0.15) is 40.5 Å². The summed E-state index contributed by atoms with van der Waals surface area (Å²) in [4.78, 5) is 7.07. The Kier molecular flexibility index (Phi) is 1.98. The smallest absolute Gasteiger partial charge is 0.109 e. The van der Waals surface area contributed by atoms with Crippen LogP contribution in [0.15, 0.2) is 17.3 Å². The summed E-state index contributed by atoms with van der Waals surface area (Å²) >= 11 is 0. The molecule has 0 saturated carbocycles. The maximum absolute atomic E-state index is 4.71. The van der Waals surface area contributed by atoms with Crippen molar-refractivity contribution in [2.75, 3.05) is 6.54 Å². The lowest BCUT2D eigenvalue weighted by molar-refractivity contribution is 0.285. The molecule has 2 aliphatic heterocycles. The lowest BCUT2D eigenvalue weighted by Gasteiger charge is -2.29. The van der Waals surface area contributed by atoms with Crippen LogP contribution in [0.3, 0.4) is 0 Å². The second-order valence-corrected chi connectivity index (χ2v) is 5.62. The summed E-state index contributed by atoms with van der Waals surface area (Å²) in [6.07, 6.45) is 6.72. The van der Waals surface area contributed by atoms with Gasteiger partial charge >= 0.3 is 0 Å². The third-order valence-corrected chi connectivity index (χ3v) is 3.17. The van der Waals surface area contributed by atoms with E-state index in [1.807, 2.05) is 0 Å². The molecule has 0 amide bonds.